The highest BCUT2D eigenvalue weighted by molar-refractivity contribution is 7.71. The lowest BCUT2D eigenvalue weighted by Gasteiger charge is -2.09. The molecule has 1 N–H and O–H groups in total. The molecule has 8 heteroatoms. The lowest BCUT2D eigenvalue weighted by atomic mass is 10.1. The maximum atomic E-state index is 11.5. The van der Waals surface area contributed by atoms with E-state index in [4.69, 9.17) is 21.7 Å². The molecule has 1 aliphatic rings. The summed E-state index contributed by atoms with van der Waals surface area (Å²) in [5.41, 5.74) is 2.29. The Bertz CT molecular complexity index is 1100. The van der Waals surface area contributed by atoms with E-state index < -0.39 is 0 Å². The predicted octanol–water partition coefficient (Wildman–Crippen LogP) is 4.07. The molecule has 1 fully saturated rings. The van der Waals surface area contributed by atoms with Gasteiger partial charge in [-0.05, 0) is 54.9 Å². The van der Waals surface area contributed by atoms with Crippen LogP contribution >= 0.6 is 12.2 Å². The molecular formula is C21H20N4O3S. The molecule has 1 aromatic heterocycles. The third-order valence-corrected chi connectivity index (χ3v) is 4.88. The third-order valence-electron chi connectivity index (χ3n) is 4.62. The summed E-state index contributed by atoms with van der Waals surface area (Å²) in [4.78, 5) is 11.5. The number of ether oxygens (including phenoxy) is 2. The molecule has 7 nitrogen and oxygen atoms in total. The molecule has 0 aliphatic heterocycles. The molecular weight excluding hydrogens is 388 g/mol. The Kier molecular flexibility index (Phi) is 5.53. The number of aromatic nitrogens is 3. The zero-order chi connectivity index (χ0) is 20.2. The van der Waals surface area contributed by atoms with E-state index in [-0.39, 0.29) is 5.97 Å². The first kappa shape index (κ1) is 19.1. The quantitative estimate of drug-likeness (QED) is 0.362. The summed E-state index contributed by atoms with van der Waals surface area (Å²) in [5.74, 6) is 1.65. The zero-order valence-corrected chi connectivity index (χ0v) is 16.7. The number of benzene rings is 2. The number of H-pyrrole nitrogens is 1. The average Bonchev–Trinajstić information content (AvgIpc) is 3.54. The monoisotopic (exact) mass is 408 g/mol. The first-order chi connectivity index (χ1) is 14.2. The first-order valence-electron chi connectivity index (χ1n) is 9.26. The second kappa shape index (κ2) is 8.40. The minimum Gasteiger partial charge on any atom is -0.488 e. The number of para-hydroxylation sites is 1. The van der Waals surface area contributed by atoms with Crippen LogP contribution in [0.2, 0.25) is 0 Å². The van der Waals surface area contributed by atoms with Crippen LogP contribution in [-0.4, -0.2) is 34.2 Å². The Balaban J connectivity index is 1.48. The number of hydrogen-bond acceptors (Lipinski definition) is 6. The molecule has 3 aromatic rings. The van der Waals surface area contributed by atoms with Crippen molar-refractivity contribution in [2.24, 2.45) is 5.10 Å². The molecule has 0 unspecified atom stereocenters. The molecule has 4 rings (SSSR count). The van der Waals surface area contributed by atoms with Crippen molar-refractivity contribution < 1.29 is 14.3 Å². The van der Waals surface area contributed by atoms with Crippen molar-refractivity contribution in [1.29, 1.82) is 0 Å². The smallest absolute Gasteiger partial charge is 0.337 e. The van der Waals surface area contributed by atoms with E-state index in [1.54, 1.807) is 23.0 Å². The van der Waals surface area contributed by atoms with Gasteiger partial charge < -0.3 is 9.47 Å². The van der Waals surface area contributed by atoms with Gasteiger partial charge in [0.05, 0.1) is 18.9 Å². The number of esters is 1. The lowest BCUT2D eigenvalue weighted by molar-refractivity contribution is 0.0600. The van der Waals surface area contributed by atoms with Gasteiger partial charge in [0.1, 0.15) is 12.4 Å². The number of methoxy groups -OCH3 is 1. The van der Waals surface area contributed by atoms with Gasteiger partial charge in [0, 0.05) is 11.5 Å². The number of nitrogens with zero attached hydrogens (tertiary/aromatic N) is 3. The van der Waals surface area contributed by atoms with Crippen molar-refractivity contribution >= 4 is 24.4 Å². The van der Waals surface area contributed by atoms with Crippen LogP contribution in [0.15, 0.2) is 53.6 Å². The zero-order valence-electron chi connectivity index (χ0n) is 15.9. The number of hydrogen-bond donors (Lipinski definition) is 1. The van der Waals surface area contributed by atoms with Gasteiger partial charge >= 0.3 is 5.97 Å². The number of nitrogens with one attached hydrogen (secondary N) is 1. The molecule has 0 atom stereocenters. The normalized spacial score (nSPS) is 13.6. The van der Waals surface area contributed by atoms with Crippen LogP contribution in [0.5, 0.6) is 5.75 Å². The maximum absolute atomic E-state index is 11.5. The Morgan fingerprint density at radius 2 is 2.03 bits per heavy atom. The molecule has 0 bridgehead atoms. The van der Waals surface area contributed by atoms with E-state index in [1.807, 2.05) is 36.4 Å². The van der Waals surface area contributed by atoms with Gasteiger partial charge in [0.25, 0.3) is 0 Å². The molecule has 0 spiro atoms. The summed E-state index contributed by atoms with van der Waals surface area (Å²) in [6.45, 7) is 0.366. The third kappa shape index (κ3) is 4.43. The second-order valence-electron chi connectivity index (χ2n) is 6.73. The van der Waals surface area contributed by atoms with E-state index in [9.17, 15) is 4.79 Å². The Labute approximate surface area is 173 Å². The van der Waals surface area contributed by atoms with Crippen molar-refractivity contribution in [2.75, 3.05) is 7.11 Å². The van der Waals surface area contributed by atoms with Gasteiger partial charge in [-0.1, -0.05) is 24.3 Å². The fraction of sp³-hybridized carbons (Fsp3) is 0.238. The molecule has 1 aliphatic carbocycles. The van der Waals surface area contributed by atoms with Gasteiger partial charge in [-0.15, -0.1) is 0 Å². The van der Waals surface area contributed by atoms with E-state index in [1.165, 1.54) is 7.11 Å². The van der Waals surface area contributed by atoms with Crippen molar-refractivity contribution in [1.82, 2.24) is 14.9 Å². The minimum atomic E-state index is -0.359. The molecule has 2 aromatic carbocycles. The van der Waals surface area contributed by atoms with Crippen LogP contribution in [0, 0.1) is 4.77 Å². The molecule has 29 heavy (non-hydrogen) atoms. The summed E-state index contributed by atoms with van der Waals surface area (Å²) in [6.07, 6.45) is 3.96. The fourth-order valence-electron chi connectivity index (χ4n) is 2.88. The molecule has 1 saturated carbocycles. The topological polar surface area (TPSA) is 81.5 Å². The average molecular weight is 408 g/mol. The fourth-order valence-corrected chi connectivity index (χ4v) is 3.06. The summed E-state index contributed by atoms with van der Waals surface area (Å²) in [7, 11) is 1.36. The van der Waals surface area contributed by atoms with Crippen LogP contribution in [0.1, 0.15) is 46.1 Å². The van der Waals surface area contributed by atoms with Crippen molar-refractivity contribution in [2.45, 2.75) is 25.4 Å². The highest BCUT2D eigenvalue weighted by atomic mass is 32.1. The van der Waals surface area contributed by atoms with Gasteiger partial charge in [0.15, 0.2) is 5.82 Å². The molecule has 0 saturated heterocycles. The standard InChI is InChI=1S/C21H20N4O3S/c1-27-20(26)16-8-6-14(7-9-16)13-28-18-5-3-2-4-17(18)12-22-25-19(15-10-11-15)23-24-21(25)29/h2-9,12,15H,10-11,13H2,1H3,(H,24,29)/b22-12-. The summed E-state index contributed by atoms with van der Waals surface area (Å²) < 4.78 is 12.8. The number of carbonyl (C=O) groups is 1. The van der Waals surface area contributed by atoms with Crippen LogP contribution < -0.4 is 4.74 Å². The highest BCUT2D eigenvalue weighted by Crippen LogP contribution is 2.38. The van der Waals surface area contributed by atoms with Crippen LogP contribution in [0.3, 0.4) is 0 Å². The summed E-state index contributed by atoms with van der Waals surface area (Å²) in [6, 6.07) is 14.8. The van der Waals surface area contributed by atoms with Gasteiger partial charge in [-0.2, -0.15) is 14.9 Å². The highest BCUT2D eigenvalue weighted by Gasteiger charge is 2.29. The lowest BCUT2D eigenvalue weighted by Crippen LogP contribution is -2.03. The number of carbonyl (C=O) groups excluding carboxylic acids is 1. The van der Waals surface area contributed by atoms with Gasteiger partial charge in [0.2, 0.25) is 4.77 Å². The molecule has 0 amide bonds. The predicted molar refractivity (Wildman–Crippen MR) is 111 cm³/mol. The molecule has 1 heterocycles. The Morgan fingerprint density at radius 3 is 2.76 bits per heavy atom. The van der Waals surface area contributed by atoms with Crippen LogP contribution in [-0.2, 0) is 11.3 Å². The van der Waals surface area contributed by atoms with Crippen LogP contribution in [0.25, 0.3) is 0 Å². The van der Waals surface area contributed by atoms with Gasteiger partial charge in [-0.25, -0.2) is 4.79 Å². The number of rotatable bonds is 7. The first-order valence-corrected chi connectivity index (χ1v) is 9.67. The SMILES string of the molecule is COC(=O)c1ccc(COc2ccccc2/C=N\n2c(C3CC3)n[nH]c2=S)cc1. The largest absolute Gasteiger partial charge is 0.488 e. The second-order valence-corrected chi connectivity index (χ2v) is 7.12. The van der Waals surface area contributed by atoms with Gasteiger partial charge in [-0.3, -0.25) is 5.10 Å². The van der Waals surface area contributed by atoms with Crippen molar-refractivity contribution in [3.05, 3.63) is 75.8 Å². The van der Waals surface area contributed by atoms with E-state index >= 15 is 0 Å². The van der Waals surface area contributed by atoms with Crippen molar-refractivity contribution in [3.8, 4) is 5.75 Å². The number of aromatic amines is 1. The molecule has 0 radical (unpaired) electrons. The van der Waals surface area contributed by atoms with Crippen molar-refractivity contribution in [3.63, 3.8) is 0 Å². The Hall–Kier alpha value is -3.26. The summed E-state index contributed by atoms with van der Waals surface area (Å²) in [5, 5.41) is 11.6. The minimum absolute atomic E-state index is 0.359. The van der Waals surface area contributed by atoms with E-state index in [0.717, 1.165) is 29.8 Å². The van der Waals surface area contributed by atoms with Crippen LogP contribution in [0.4, 0.5) is 0 Å². The Morgan fingerprint density at radius 1 is 1.28 bits per heavy atom. The summed E-state index contributed by atoms with van der Waals surface area (Å²) >= 11 is 5.29. The van der Waals surface area contributed by atoms with E-state index in [0.29, 0.717) is 28.6 Å². The maximum Gasteiger partial charge on any atom is 0.337 e. The van der Waals surface area contributed by atoms with E-state index in [2.05, 4.69) is 15.3 Å². The molecule has 148 valence electrons.